The maximum absolute atomic E-state index is 11.4. The summed E-state index contributed by atoms with van der Waals surface area (Å²) in [5.41, 5.74) is 1.59. The van der Waals surface area contributed by atoms with Gasteiger partial charge >= 0.3 is 0 Å². The zero-order valence-corrected chi connectivity index (χ0v) is 13.6. The van der Waals surface area contributed by atoms with Crippen LogP contribution < -0.4 is 20.7 Å². The van der Waals surface area contributed by atoms with Gasteiger partial charge in [-0.2, -0.15) is 12.6 Å². The van der Waals surface area contributed by atoms with E-state index in [0.29, 0.717) is 31.8 Å². The van der Waals surface area contributed by atoms with Crippen LogP contribution in [-0.4, -0.2) is 55.0 Å². The molecule has 1 aliphatic heterocycles. The molecule has 0 saturated carbocycles. The van der Waals surface area contributed by atoms with Crippen LogP contribution in [0.2, 0.25) is 0 Å². The highest BCUT2D eigenvalue weighted by atomic mass is 32.1. The first-order chi connectivity index (χ1) is 11.1. The summed E-state index contributed by atoms with van der Waals surface area (Å²) < 4.78 is 5.61. The molecule has 0 saturated heterocycles. The van der Waals surface area contributed by atoms with Gasteiger partial charge < -0.3 is 25.8 Å². The Hall–Kier alpha value is -1.77. The van der Waals surface area contributed by atoms with Crippen LogP contribution in [0.5, 0.6) is 5.75 Å². The Labute approximate surface area is 140 Å². The van der Waals surface area contributed by atoms with Gasteiger partial charge in [0.2, 0.25) is 11.8 Å². The molecular weight excluding hydrogens is 318 g/mol. The van der Waals surface area contributed by atoms with E-state index in [-0.39, 0.29) is 24.2 Å². The highest BCUT2D eigenvalue weighted by molar-refractivity contribution is 7.81. The Morgan fingerprint density at radius 2 is 2.26 bits per heavy atom. The SMILES string of the molecule is O=C(CS)NCCNCC(O)COc1cccc2c1CC(=O)N2. The minimum absolute atomic E-state index is 0.0541. The summed E-state index contributed by atoms with van der Waals surface area (Å²) in [6.07, 6.45) is -0.387. The van der Waals surface area contributed by atoms with Gasteiger partial charge in [0.15, 0.2) is 0 Å². The Balaban J connectivity index is 1.67. The van der Waals surface area contributed by atoms with Crippen molar-refractivity contribution in [2.24, 2.45) is 0 Å². The van der Waals surface area contributed by atoms with E-state index in [1.807, 2.05) is 6.07 Å². The van der Waals surface area contributed by atoms with Crippen molar-refractivity contribution in [1.82, 2.24) is 10.6 Å². The van der Waals surface area contributed by atoms with Gasteiger partial charge in [0, 0.05) is 30.9 Å². The van der Waals surface area contributed by atoms with Crippen molar-refractivity contribution in [1.29, 1.82) is 0 Å². The van der Waals surface area contributed by atoms with E-state index in [0.717, 1.165) is 11.3 Å². The molecule has 0 spiro atoms. The lowest BCUT2D eigenvalue weighted by Gasteiger charge is -2.15. The van der Waals surface area contributed by atoms with Crippen LogP contribution in [0.15, 0.2) is 18.2 Å². The number of rotatable bonds is 9. The number of nitrogens with one attached hydrogen (secondary N) is 3. The van der Waals surface area contributed by atoms with Crippen molar-refractivity contribution in [3.05, 3.63) is 23.8 Å². The predicted octanol–water partition coefficient (Wildman–Crippen LogP) is -0.443. The standard InChI is InChI=1S/C15H21N3O4S/c19-10(7-16-4-5-17-15(21)9-23)8-22-13-3-1-2-12-11(13)6-14(20)18-12/h1-3,10,16,19,23H,4-9H2,(H,17,21)(H,18,20). The predicted molar refractivity (Wildman–Crippen MR) is 90.0 cm³/mol. The Kier molecular flexibility index (Phi) is 6.69. The van der Waals surface area contributed by atoms with Gasteiger partial charge in [-0.3, -0.25) is 9.59 Å². The van der Waals surface area contributed by atoms with Crippen molar-refractivity contribution in [3.63, 3.8) is 0 Å². The number of aliphatic hydroxyl groups is 1. The van der Waals surface area contributed by atoms with E-state index in [1.54, 1.807) is 12.1 Å². The number of ether oxygens (including phenoxy) is 1. The fourth-order valence-corrected chi connectivity index (χ4v) is 2.33. The summed E-state index contributed by atoms with van der Waals surface area (Å²) in [7, 11) is 0. The van der Waals surface area contributed by atoms with Gasteiger partial charge in [-0.1, -0.05) is 6.07 Å². The molecular formula is C15H21N3O4S. The summed E-state index contributed by atoms with van der Waals surface area (Å²) in [5.74, 6) is 0.595. The second-order valence-corrected chi connectivity index (χ2v) is 5.50. The monoisotopic (exact) mass is 339 g/mol. The number of benzene rings is 1. The molecule has 0 fully saturated rings. The first-order valence-corrected chi connectivity index (χ1v) is 8.04. The van der Waals surface area contributed by atoms with Gasteiger partial charge in [-0.25, -0.2) is 0 Å². The molecule has 1 aliphatic rings. The lowest BCUT2D eigenvalue weighted by atomic mass is 10.1. The lowest BCUT2D eigenvalue weighted by molar-refractivity contribution is -0.118. The number of hydrogen-bond acceptors (Lipinski definition) is 6. The molecule has 0 radical (unpaired) electrons. The van der Waals surface area contributed by atoms with Crippen LogP contribution in [0.1, 0.15) is 5.56 Å². The summed E-state index contributed by atoms with van der Waals surface area (Å²) in [6, 6.07) is 5.41. The van der Waals surface area contributed by atoms with Crippen LogP contribution in [0.3, 0.4) is 0 Å². The van der Waals surface area contributed by atoms with E-state index in [9.17, 15) is 14.7 Å². The molecule has 7 nitrogen and oxygen atoms in total. The molecule has 0 aliphatic carbocycles. The van der Waals surface area contributed by atoms with Crippen LogP contribution in [0, 0.1) is 0 Å². The molecule has 1 aromatic rings. The van der Waals surface area contributed by atoms with Crippen molar-refractivity contribution in [2.75, 3.05) is 37.3 Å². The molecule has 126 valence electrons. The number of fused-ring (bicyclic) bond motifs is 1. The van der Waals surface area contributed by atoms with Crippen molar-refractivity contribution < 1.29 is 19.4 Å². The lowest BCUT2D eigenvalue weighted by Crippen LogP contribution is -2.37. The Bertz CT molecular complexity index is 568. The van der Waals surface area contributed by atoms with Gasteiger partial charge in [0.25, 0.3) is 0 Å². The van der Waals surface area contributed by atoms with Gasteiger partial charge in [-0.05, 0) is 12.1 Å². The molecule has 4 N–H and O–H groups in total. The van der Waals surface area contributed by atoms with E-state index in [2.05, 4.69) is 28.6 Å². The maximum Gasteiger partial charge on any atom is 0.229 e. The molecule has 1 heterocycles. The molecule has 1 aromatic carbocycles. The van der Waals surface area contributed by atoms with Gasteiger partial charge in [0.1, 0.15) is 18.5 Å². The smallest absolute Gasteiger partial charge is 0.229 e. The highest BCUT2D eigenvalue weighted by Gasteiger charge is 2.21. The Morgan fingerprint density at radius 1 is 1.43 bits per heavy atom. The quantitative estimate of drug-likeness (QED) is 0.310. The number of thiol groups is 1. The number of carbonyl (C=O) groups is 2. The average Bonchev–Trinajstić information content (AvgIpc) is 2.92. The van der Waals surface area contributed by atoms with Crippen LogP contribution in [-0.2, 0) is 16.0 Å². The van der Waals surface area contributed by atoms with Crippen LogP contribution in [0.4, 0.5) is 5.69 Å². The van der Waals surface area contributed by atoms with Gasteiger partial charge in [0.05, 0.1) is 12.2 Å². The minimum atomic E-state index is -0.684. The van der Waals surface area contributed by atoms with Gasteiger partial charge in [-0.15, -0.1) is 0 Å². The second kappa shape index (κ2) is 8.76. The van der Waals surface area contributed by atoms with Crippen LogP contribution >= 0.6 is 12.6 Å². The summed E-state index contributed by atoms with van der Waals surface area (Å²) in [5, 5.41) is 18.3. The molecule has 23 heavy (non-hydrogen) atoms. The van der Waals surface area contributed by atoms with E-state index in [1.165, 1.54) is 0 Å². The minimum Gasteiger partial charge on any atom is -0.490 e. The number of aliphatic hydroxyl groups excluding tert-OH is 1. The molecule has 2 amide bonds. The van der Waals surface area contributed by atoms with Crippen molar-refractivity contribution in [2.45, 2.75) is 12.5 Å². The molecule has 0 bridgehead atoms. The number of carbonyl (C=O) groups excluding carboxylic acids is 2. The topological polar surface area (TPSA) is 99.7 Å². The fraction of sp³-hybridized carbons (Fsp3) is 0.467. The summed E-state index contributed by atoms with van der Waals surface area (Å²) in [6.45, 7) is 1.51. The molecule has 8 heteroatoms. The summed E-state index contributed by atoms with van der Waals surface area (Å²) in [4.78, 5) is 22.4. The van der Waals surface area contributed by atoms with E-state index >= 15 is 0 Å². The third kappa shape index (κ3) is 5.42. The number of hydrogen-bond donors (Lipinski definition) is 5. The van der Waals surface area contributed by atoms with E-state index < -0.39 is 6.10 Å². The van der Waals surface area contributed by atoms with Crippen molar-refractivity contribution >= 4 is 30.1 Å². The first-order valence-electron chi connectivity index (χ1n) is 7.41. The average molecular weight is 339 g/mol. The molecule has 2 rings (SSSR count). The van der Waals surface area contributed by atoms with Crippen LogP contribution in [0.25, 0.3) is 0 Å². The van der Waals surface area contributed by atoms with E-state index in [4.69, 9.17) is 4.74 Å². The second-order valence-electron chi connectivity index (χ2n) is 5.18. The normalized spacial score (nSPS) is 14.1. The zero-order chi connectivity index (χ0) is 16.7. The fourth-order valence-electron chi connectivity index (χ4n) is 2.22. The molecule has 1 atom stereocenters. The number of amides is 2. The molecule has 0 aromatic heterocycles. The molecule has 1 unspecified atom stereocenters. The zero-order valence-electron chi connectivity index (χ0n) is 12.7. The number of anilines is 1. The first kappa shape index (κ1) is 17.6. The summed E-state index contributed by atoms with van der Waals surface area (Å²) >= 11 is 3.85. The van der Waals surface area contributed by atoms with Crippen molar-refractivity contribution in [3.8, 4) is 5.75 Å². The Morgan fingerprint density at radius 3 is 3.04 bits per heavy atom. The third-order valence-corrected chi connectivity index (χ3v) is 3.61. The third-order valence-electron chi connectivity index (χ3n) is 3.32. The maximum atomic E-state index is 11.4. The largest absolute Gasteiger partial charge is 0.490 e. The highest BCUT2D eigenvalue weighted by Crippen LogP contribution is 2.31.